The minimum atomic E-state index is -0.534. The summed E-state index contributed by atoms with van der Waals surface area (Å²) in [6, 6.07) is 0.269. The van der Waals surface area contributed by atoms with Gasteiger partial charge in [0.1, 0.15) is 22.9 Å². The van der Waals surface area contributed by atoms with Crippen molar-refractivity contribution in [2.45, 2.75) is 130 Å². The van der Waals surface area contributed by atoms with Crippen molar-refractivity contribution >= 4 is 12.1 Å². The summed E-state index contributed by atoms with van der Waals surface area (Å²) < 4.78 is 22.8. The second kappa shape index (κ2) is 22.2. The molecule has 1 aliphatic carbocycles. The minimum Gasteiger partial charge on any atom is -0.500 e. The van der Waals surface area contributed by atoms with Crippen LogP contribution in [-0.2, 0) is 18.9 Å². The predicted molar refractivity (Wildman–Crippen MR) is 193 cm³/mol. The van der Waals surface area contributed by atoms with Crippen LogP contribution in [0.5, 0.6) is 0 Å². The van der Waals surface area contributed by atoms with Crippen LogP contribution in [0.25, 0.3) is 0 Å². The maximum atomic E-state index is 13.6. The molecule has 270 valence electrons. The van der Waals surface area contributed by atoms with Crippen molar-refractivity contribution in [1.29, 1.82) is 0 Å². The monoisotopic (exact) mass is 669 g/mol. The fourth-order valence-electron chi connectivity index (χ4n) is 5.80. The first kappa shape index (κ1) is 40.6. The van der Waals surface area contributed by atoms with Crippen LogP contribution >= 0.6 is 0 Å². The lowest BCUT2D eigenvalue weighted by Crippen LogP contribution is -2.53. The van der Waals surface area contributed by atoms with Crippen LogP contribution < -0.4 is 5.32 Å². The van der Waals surface area contributed by atoms with Crippen molar-refractivity contribution in [3.8, 4) is 11.8 Å². The van der Waals surface area contributed by atoms with Gasteiger partial charge in [0.15, 0.2) is 0 Å². The summed E-state index contributed by atoms with van der Waals surface area (Å²) in [5, 5.41) is 2.66. The lowest BCUT2D eigenvalue weighted by molar-refractivity contribution is 0.0535. The summed E-state index contributed by atoms with van der Waals surface area (Å²) in [6.07, 6.45) is 17.0. The van der Waals surface area contributed by atoms with Gasteiger partial charge in [0.25, 0.3) is 0 Å². The highest BCUT2D eigenvalue weighted by atomic mass is 16.6. The van der Waals surface area contributed by atoms with Crippen molar-refractivity contribution in [1.82, 2.24) is 15.1 Å². The summed E-state index contributed by atoms with van der Waals surface area (Å²) in [4.78, 5) is 29.4. The maximum absolute atomic E-state index is 13.6. The topological polar surface area (TPSA) is 89.6 Å². The normalized spacial score (nSPS) is 19.8. The van der Waals surface area contributed by atoms with Gasteiger partial charge in [0.2, 0.25) is 0 Å². The number of unbranched alkanes of at least 4 members (excludes halogenated alkanes) is 3. The van der Waals surface area contributed by atoms with Crippen LogP contribution in [0.3, 0.4) is 0 Å². The molecule has 1 fully saturated rings. The van der Waals surface area contributed by atoms with Gasteiger partial charge in [0.05, 0.1) is 33.9 Å². The number of amides is 3. The number of nitrogens with one attached hydrogen (secondary N) is 1. The molecule has 1 unspecified atom stereocenters. The summed E-state index contributed by atoms with van der Waals surface area (Å²) in [7, 11) is 3.43. The first-order valence-corrected chi connectivity index (χ1v) is 18.0. The maximum Gasteiger partial charge on any atom is 0.408 e. The zero-order chi connectivity index (χ0) is 35.4. The van der Waals surface area contributed by atoms with E-state index in [9.17, 15) is 9.59 Å². The van der Waals surface area contributed by atoms with Crippen molar-refractivity contribution in [2.24, 2.45) is 0 Å². The van der Waals surface area contributed by atoms with Crippen LogP contribution in [0.2, 0.25) is 0 Å². The molecular formula is C39H63N3O6. The average Bonchev–Trinajstić information content (AvgIpc) is 3.03. The van der Waals surface area contributed by atoms with E-state index < -0.39 is 11.7 Å². The Bertz CT molecular complexity index is 1200. The molecule has 0 radical (unpaired) electrons. The first-order valence-electron chi connectivity index (χ1n) is 18.0. The Morgan fingerprint density at radius 2 is 1.83 bits per heavy atom. The third kappa shape index (κ3) is 15.1. The number of rotatable bonds is 18. The SMILES string of the molecule is CCCCCO/C(CC)=C(/CCCCC(C)N1CCCN(CC2=C(\OC)C/C=C(/CC#CCNC(=O)OC(C)(C)C)C/C=C\2)C1=O)OC. The molecule has 1 N–H and O–H groups in total. The van der Waals surface area contributed by atoms with Crippen molar-refractivity contribution in [3.05, 3.63) is 46.7 Å². The first-order chi connectivity index (χ1) is 23.0. The Morgan fingerprint density at radius 1 is 1.04 bits per heavy atom. The molecule has 1 aliphatic heterocycles. The van der Waals surface area contributed by atoms with E-state index in [0.717, 1.165) is 93.9 Å². The largest absolute Gasteiger partial charge is 0.500 e. The van der Waals surface area contributed by atoms with Crippen LogP contribution in [-0.4, -0.2) is 80.6 Å². The third-order valence-electron chi connectivity index (χ3n) is 8.46. The number of hydrogen-bond acceptors (Lipinski definition) is 6. The number of allylic oxidation sites excluding steroid dienone is 5. The Labute approximate surface area is 291 Å². The molecular weight excluding hydrogens is 606 g/mol. The van der Waals surface area contributed by atoms with Gasteiger partial charge in [-0.1, -0.05) is 68.8 Å². The van der Waals surface area contributed by atoms with Crippen molar-refractivity contribution in [2.75, 3.05) is 47.0 Å². The molecule has 9 heteroatoms. The molecule has 3 amide bonds. The molecule has 0 aromatic heterocycles. The van der Waals surface area contributed by atoms with Crippen LogP contribution in [0.15, 0.2) is 46.7 Å². The van der Waals surface area contributed by atoms with Gasteiger partial charge < -0.3 is 34.1 Å². The van der Waals surface area contributed by atoms with Gasteiger partial charge in [-0.05, 0) is 59.8 Å². The van der Waals surface area contributed by atoms with Gasteiger partial charge in [0, 0.05) is 50.4 Å². The Hall–Kier alpha value is -3.54. The molecule has 0 saturated carbocycles. The summed E-state index contributed by atoms with van der Waals surface area (Å²) in [5.41, 5.74) is 1.69. The molecule has 0 aromatic carbocycles. The number of alkyl carbamates (subject to hydrolysis) is 1. The molecule has 1 saturated heterocycles. The highest BCUT2D eigenvalue weighted by Gasteiger charge is 2.29. The van der Waals surface area contributed by atoms with Gasteiger partial charge in [-0.3, -0.25) is 0 Å². The molecule has 1 heterocycles. The van der Waals surface area contributed by atoms with Crippen LogP contribution in [0.4, 0.5) is 9.59 Å². The lowest BCUT2D eigenvalue weighted by atomic mass is 10.0. The Morgan fingerprint density at radius 3 is 2.52 bits per heavy atom. The van der Waals surface area contributed by atoms with Crippen LogP contribution in [0, 0.1) is 11.8 Å². The summed E-state index contributed by atoms with van der Waals surface area (Å²) in [5.74, 6) is 8.94. The van der Waals surface area contributed by atoms with Gasteiger partial charge >= 0.3 is 12.1 Å². The zero-order valence-electron chi connectivity index (χ0n) is 31.2. The van der Waals surface area contributed by atoms with E-state index in [1.54, 1.807) is 14.2 Å². The van der Waals surface area contributed by atoms with E-state index in [0.29, 0.717) is 19.4 Å². The number of hydrogen-bond donors (Lipinski definition) is 1. The van der Waals surface area contributed by atoms with Gasteiger partial charge in [-0.15, -0.1) is 0 Å². The van der Waals surface area contributed by atoms with E-state index in [2.05, 4.69) is 56.2 Å². The fourth-order valence-corrected chi connectivity index (χ4v) is 5.80. The van der Waals surface area contributed by atoms with Crippen molar-refractivity contribution < 1.29 is 28.5 Å². The van der Waals surface area contributed by atoms with Crippen LogP contribution in [0.1, 0.15) is 119 Å². The predicted octanol–water partition coefficient (Wildman–Crippen LogP) is 8.63. The Balaban J connectivity index is 1.89. The third-order valence-corrected chi connectivity index (χ3v) is 8.46. The van der Waals surface area contributed by atoms with Gasteiger partial charge in [-0.25, -0.2) is 9.59 Å². The molecule has 0 bridgehead atoms. The molecule has 9 nitrogen and oxygen atoms in total. The molecule has 2 aliphatic rings. The molecule has 1 atom stereocenters. The fraction of sp³-hybridized carbons (Fsp3) is 0.692. The number of carbonyl (C=O) groups is 2. The number of nitrogens with zero attached hydrogens (tertiary/aromatic N) is 2. The van der Waals surface area contributed by atoms with Gasteiger partial charge in [-0.2, -0.15) is 0 Å². The van der Waals surface area contributed by atoms with Crippen molar-refractivity contribution in [3.63, 3.8) is 0 Å². The molecule has 0 aromatic rings. The molecule has 48 heavy (non-hydrogen) atoms. The summed E-state index contributed by atoms with van der Waals surface area (Å²) in [6.45, 7) is 15.0. The quantitative estimate of drug-likeness (QED) is 0.0680. The Kier molecular flexibility index (Phi) is 18.8. The number of methoxy groups -OCH3 is 2. The highest BCUT2D eigenvalue weighted by molar-refractivity contribution is 5.76. The second-order valence-corrected chi connectivity index (χ2v) is 13.5. The van der Waals surface area contributed by atoms with E-state index in [1.165, 1.54) is 18.4 Å². The molecule has 2 rings (SSSR count). The number of urea groups is 1. The van der Waals surface area contributed by atoms with E-state index in [1.807, 2.05) is 30.6 Å². The molecule has 0 spiro atoms. The summed E-state index contributed by atoms with van der Waals surface area (Å²) >= 11 is 0. The van der Waals surface area contributed by atoms with E-state index in [4.69, 9.17) is 18.9 Å². The second-order valence-electron chi connectivity index (χ2n) is 13.5. The van der Waals surface area contributed by atoms with E-state index in [-0.39, 0.29) is 18.6 Å². The van der Waals surface area contributed by atoms with E-state index >= 15 is 0 Å². The number of carbonyl (C=O) groups excluding carboxylic acids is 2. The lowest BCUT2D eigenvalue weighted by Gasteiger charge is -2.39. The number of ether oxygens (including phenoxy) is 4. The highest BCUT2D eigenvalue weighted by Crippen LogP contribution is 2.25. The standard InChI is InChI=1S/C39H63N3O6/c1-9-11-16-29-47-34(10-2)36(46-8)23-13-12-19-31(3)42-28-18-27-41(38(42)44)30-33-22-17-21-32(24-25-35(33)45-7)20-14-15-26-40-37(43)48-39(4,5)6/h17,22,24,31H,9-13,16,18-21,23,25-30H2,1-8H3,(H,40,43)/b22-17-,32-24-,35-33-,36-34-. The minimum absolute atomic E-state index is 0.102. The zero-order valence-corrected chi connectivity index (χ0v) is 31.2. The smallest absolute Gasteiger partial charge is 0.408 e. The average molecular weight is 670 g/mol.